The average molecular weight is 403 g/mol. The molecule has 2 aromatic rings. The third-order valence-electron chi connectivity index (χ3n) is 3.95. The molecule has 0 aliphatic rings. The van der Waals surface area contributed by atoms with Gasteiger partial charge in [-0.15, -0.1) is 0 Å². The van der Waals surface area contributed by atoms with Gasteiger partial charge in [0.2, 0.25) is 0 Å². The normalized spacial score (nSPS) is 11.3. The van der Waals surface area contributed by atoms with Gasteiger partial charge in [0.05, 0.1) is 5.60 Å². The number of phenolic OH excluding ortho intramolecular Hbond substituents is 1. The highest BCUT2D eigenvalue weighted by molar-refractivity contribution is 5.37. The van der Waals surface area contributed by atoms with E-state index in [1.54, 1.807) is 26.8 Å². The molecule has 0 unspecified atom stereocenters. The molecule has 0 fully saturated rings. The van der Waals surface area contributed by atoms with Crippen LogP contribution in [0.25, 0.3) is 0 Å². The zero-order valence-corrected chi connectivity index (χ0v) is 19.9. The summed E-state index contributed by atoms with van der Waals surface area (Å²) < 4.78 is 0. The molecule has 2 N–H and O–H groups in total. The van der Waals surface area contributed by atoms with Crippen LogP contribution in [0.3, 0.4) is 0 Å². The van der Waals surface area contributed by atoms with Gasteiger partial charge in [0.1, 0.15) is 5.75 Å². The Morgan fingerprint density at radius 1 is 0.655 bits per heavy atom. The summed E-state index contributed by atoms with van der Waals surface area (Å²) in [6.45, 7) is 22.5. The molecule has 0 saturated carbocycles. The van der Waals surface area contributed by atoms with E-state index in [4.69, 9.17) is 5.11 Å². The Morgan fingerprint density at radius 3 is 1.38 bits per heavy atom. The van der Waals surface area contributed by atoms with Crippen molar-refractivity contribution in [2.24, 2.45) is 0 Å². The summed E-state index contributed by atoms with van der Waals surface area (Å²) in [5.41, 5.74) is 4.92. The average Bonchev–Trinajstić information content (AvgIpc) is 2.47. The Balaban J connectivity index is 0. The van der Waals surface area contributed by atoms with Crippen molar-refractivity contribution >= 4 is 0 Å². The number of aryl methyl sites for hydroxylation is 2. The van der Waals surface area contributed by atoms with Crippen molar-refractivity contribution in [2.75, 3.05) is 0 Å². The molecule has 29 heavy (non-hydrogen) atoms. The van der Waals surface area contributed by atoms with Gasteiger partial charge < -0.3 is 10.2 Å². The molecule has 0 bridgehead atoms. The molecule has 0 aliphatic carbocycles. The molecule has 2 heteroatoms. The standard InChI is InChI=1S/C11H16O.C11H16.C4H10O.CH4/c1-8-7-9(11(2,3)4)5-6-10(8)12;1-9-6-5-7-10(8-9)11(2,3)4;1-4(2,3)5;/h5-7,12H,1-4H3;5-8H,1-4H3;5H,1-3H3;1H4. The van der Waals surface area contributed by atoms with Crippen LogP contribution in [-0.4, -0.2) is 15.8 Å². The molecule has 2 nitrogen and oxygen atoms in total. The third-order valence-corrected chi connectivity index (χ3v) is 3.95. The molecular weight excluding hydrogens is 356 g/mol. The number of hydrogen-bond acceptors (Lipinski definition) is 2. The zero-order valence-electron chi connectivity index (χ0n) is 19.9. The minimum absolute atomic E-state index is 0. The van der Waals surface area contributed by atoms with Gasteiger partial charge in [0, 0.05) is 0 Å². The fourth-order valence-corrected chi connectivity index (χ4v) is 2.23. The molecule has 0 heterocycles. The fourth-order valence-electron chi connectivity index (χ4n) is 2.23. The van der Waals surface area contributed by atoms with Crippen molar-refractivity contribution in [1.29, 1.82) is 0 Å². The van der Waals surface area contributed by atoms with E-state index in [-0.39, 0.29) is 18.3 Å². The summed E-state index contributed by atoms with van der Waals surface area (Å²) in [5, 5.41) is 17.8. The predicted octanol–water partition coefficient (Wildman–Crippen LogP) is 7.70. The summed E-state index contributed by atoms with van der Waals surface area (Å²) in [6, 6.07) is 14.5. The van der Waals surface area contributed by atoms with Crippen LogP contribution in [0, 0.1) is 13.8 Å². The van der Waals surface area contributed by atoms with E-state index < -0.39 is 5.60 Å². The number of phenols is 1. The van der Waals surface area contributed by atoms with Gasteiger partial charge in [-0.05, 0) is 68.2 Å². The summed E-state index contributed by atoms with van der Waals surface area (Å²) >= 11 is 0. The van der Waals surface area contributed by atoms with Gasteiger partial charge in [0.15, 0.2) is 0 Å². The monoisotopic (exact) mass is 402 g/mol. The second kappa shape index (κ2) is 11.4. The lowest BCUT2D eigenvalue weighted by Gasteiger charge is -2.19. The largest absolute Gasteiger partial charge is 0.508 e. The Labute approximate surface area is 181 Å². The quantitative estimate of drug-likeness (QED) is 0.474. The van der Waals surface area contributed by atoms with Crippen LogP contribution >= 0.6 is 0 Å². The zero-order chi connectivity index (χ0) is 22.3. The lowest BCUT2D eigenvalue weighted by Crippen LogP contribution is -2.10. The maximum absolute atomic E-state index is 9.31. The van der Waals surface area contributed by atoms with E-state index in [9.17, 15) is 5.11 Å². The van der Waals surface area contributed by atoms with Crippen molar-refractivity contribution in [1.82, 2.24) is 0 Å². The van der Waals surface area contributed by atoms with Crippen molar-refractivity contribution in [3.8, 4) is 5.75 Å². The highest BCUT2D eigenvalue weighted by atomic mass is 16.3. The number of rotatable bonds is 0. The SMILES string of the molecule is C.CC(C)(C)O.Cc1cc(C(C)(C)C)ccc1O.Cc1cccc(C(C)(C)C)c1. The minimum Gasteiger partial charge on any atom is -0.508 e. The summed E-state index contributed by atoms with van der Waals surface area (Å²) in [7, 11) is 0. The van der Waals surface area contributed by atoms with Crippen molar-refractivity contribution in [3.05, 3.63) is 64.7 Å². The number of aromatic hydroxyl groups is 1. The van der Waals surface area contributed by atoms with Crippen LogP contribution < -0.4 is 0 Å². The van der Waals surface area contributed by atoms with Gasteiger partial charge in [-0.2, -0.15) is 0 Å². The molecule has 166 valence electrons. The second-order valence-electron chi connectivity index (χ2n) is 10.5. The van der Waals surface area contributed by atoms with Gasteiger partial charge >= 0.3 is 0 Å². The maximum Gasteiger partial charge on any atom is 0.118 e. The molecule has 0 amide bonds. The van der Waals surface area contributed by atoms with E-state index in [1.165, 1.54) is 16.7 Å². The van der Waals surface area contributed by atoms with Crippen LogP contribution in [0.15, 0.2) is 42.5 Å². The van der Waals surface area contributed by atoms with Gasteiger partial charge in [0.25, 0.3) is 0 Å². The van der Waals surface area contributed by atoms with E-state index in [2.05, 4.69) is 72.7 Å². The summed E-state index contributed by atoms with van der Waals surface area (Å²) in [6.07, 6.45) is 0. The van der Waals surface area contributed by atoms with Gasteiger partial charge in [-0.3, -0.25) is 0 Å². The Hall–Kier alpha value is -1.80. The van der Waals surface area contributed by atoms with Crippen molar-refractivity contribution < 1.29 is 10.2 Å². The Kier molecular flexibility index (Phi) is 11.6. The molecule has 0 aliphatic heterocycles. The fraction of sp³-hybridized carbons (Fsp3) is 0.556. The number of hydrogen-bond donors (Lipinski definition) is 2. The highest BCUT2D eigenvalue weighted by Gasteiger charge is 2.14. The van der Waals surface area contributed by atoms with Gasteiger partial charge in [-0.1, -0.05) is 90.9 Å². The molecule has 0 spiro atoms. The van der Waals surface area contributed by atoms with E-state index >= 15 is 0 Å². The van der Waals surface area contributed by atoms with Crippen LogP contribution in [0.2, 0.25) is 0 Å². The second-order valence-corrected chi connectivity index (χ2v) is 10.5. The molecule has 2 rings (SSSR count). The van der Waals surface area contributed by atoms with Crippen molar-refractivity contribution in [2.45, 2.75) is 100 Å². The minimum atomic E-state index is -0.500. The van der Waals surface area contributed by atoms with Crippen LogP contribution in [0.4, 0.5) is 0 Å². The van der Waals surface area contributed by atoms with E-state index in [0.29, 0.717) is 5.75 Å². The Bertz CT molecular complexity index is 717. The summed E-state index contributed by atoms with van der Waals surface area (Å²) in [5.74, 6) is 0.378. The first-order valence-corrected chi connectivity index (χ1v) is 10.0. The maximum atomic E-state index is 9.31. The molecule has 0 aromatic heterocycles. The van der Waals surface area contributed by atoms with E-state index in [0.717, 1.165) is 5.56 Å². The first-order valence-electron chi connectivity index (χ1n) is 10.0. The number of benzene rings is 2. The third kappa shape index (κ3) is 13.9. The lowest BCUT2D eigenvalue weighted by atomic mass is 9.86. The molecular formula is C27H46O2. The topological polar surface area (TPSA) is 40.5 Å². The molecule has 2 aromatic carbocycles. The predicted molar refractivity (Wildman–Crippen MR) is 130 cm³/mol. The molecule has 0 saturated heterocycles. The highest BCUT2D eigenvalue weighted by Crippen LogP contribution is 2.26. The van der Waals surface area contributed by atoms with Crippen molar-refractivity contribution in [3.63, 3.8) is 0 Å². The van der Waals surface area contributed by atoms with Crippen LogP contribution in [0.1, 0.15) is 92.0 Å². The first kappa shape index (κ1) is 29.4. The summed E-state index contributed by atoms with van der Waals surface area (Å²) in [4.78, 5) is 0. The molecule has 0 radical (unpaired) electrons. The molecule has 0 atom stereocenters. The smallest absolute Gasteiger partial charge is 0.118 e. The first-order chi connectivity index (χ1) is 12.4. The van der Waals surface area contributed by atoms with E-state index in [1.807, 2.05) is 19.1 Å². The van der Waals surface area contributed by atoms with Gasteiger partial charge in [-0.25, -0.2) is 0 Å². The number of aliphatic hydroxyl groups is 1. The van der Waals surface area contributed by atoms with Crippen LogP contribution in [0.5, 0.6) is 5.75 Å². The lowest BCUT2D eigenvalue weighted by molar-refractivity contribution is 0.102. The Morgan fingerprint density at radius 2 is 1.07 bits per heavy atom. The van der Waals surface area contributed by atoms with Crippen LogP contribution in [-0.2, 0) is 10.8 Å².